The Morgan fingerprint density at radius 2 is 1.90 bits per heavy atom. The van der Waals surface area contributed by atoms with E-state index in [1.807, 2.05) is 37.5 Å². The summed E-state index contributed by atoms with van der Waals surface area (Å²) in [5.41, 5.74) is 2.88. The smallest absolute Gasteiger partial charge is 0.423 e. The Morgan fingerprint density at radius 1 is 1.10 bits per heavy atom. The molecule has 9 nitrogen and oxygen atoms in total. The van der Waals surface area contributed by atoms with Gasteiger partial charge in [0.1, 0.15) is 11.4 Å². The van der Waals surface area contributed by atoms with Crippen LogP contribution in [0.15, 0.2) is 66.1 Å². The zero-order chi connectivity index (χ0) is 20.4. The predicted octanol–water partition coefficient (Wildman–Crippen LogP) is -0.306. The van der Waals surface area contributed by atoms with Crippen LogP contribution in [0.2, 0.25) is 0 Å². The lowest BCUT2D eigenvalue weighted by Gasteiger charge is -2.07. The molecule has 2 N–H and O–H groups in total. The fourth-order valence-electron chi connectivity index (χ4n) is 2.87. The van der Waals surface area contributed by atoms with E-state index < -0.39 is 7.12 Å². The lowest BCUT2D eigenvalue weighted by molar-refractivity contribution is 0.425. The van der Waals surface area contributed by atoms with Crippen molar-refractivity contribution >= 4 is 12.6 Å². The number of nitrogens with zero attached hydrogens (tertiary/aromatic N) is 6. The SMILES string of the molecule is Cn1cc(-n2ccc(=O)c(Cc3cccc(-c4ncc(B(O)O)cn4)c3)n2)cn1. The minimum absolute atomic E-state index is 0.145. The molecule has 0 saturated heterocycles. The summed E-state index contributed by atoms with van der Waals surface area (Å²) in [6, 6.07) is 8.97. The molecule has 0 unspecified atom stereocenters. The Balaban J connectivity index is 1.62. The molecular weight excluding hydrogens is 371 g/mol. The van der Waals surface area contributed by atoms with Gasteiger partial charge in [-0.05, 0) is 11.6 Å². The van der Waals surface area contributed by atoms with Crippen molar-refractivity contribution in [3.05, 3.63) is 82.8 Å². The van der Waals surface area contributed by atoms with Gasteiger partial charge in [-0.15, -0.1) is 0 Å². The third-order valence-corrected chi connectivity index (χ3v) is 4.36. The van der Waals surface area contributed by atoms with Crippen LogP contribution in [-0.4, -0.2) is 46.7 Å². The number of rotatable bonds is 5. The summed E-state index contributed by atoms with van der Waals surface area (Å²) in [7, 11) is 0.204. The highest BCUT2D eigenvalue weighted by Gasteiger charge is 2.13. The quantitative estimate of drug-likeness (QED) is 0.451. The first-order valence-corrected chi connectivity index (χ1v) is 8.85. The maximum atomic E-state index is 12.3. The molecule has 0 aliphatic heterocycles. The van der Waals surface area contributed by atoms with Gasteiger partial charge in [0.2, 0.25) is 5.43 Å². The summed E-state index contributed by atoms with van der Waals surface area (Å²) < 4.78 is 3.29. The van der Waals surface area contributed by atoms with Crippen LogP contribution in [0.3, 0.4) is 0 Å². The van der Waals surface area contributed by atoms with E-state index in [2.05, 4.69) is 20.2 Å². The molecular formula is C19H17BN6O3. The first-order chi connectivity index (χ1) is 14.0. The fraction of sp³-hybridized carbons (Fsp3) is 0.105. The molecule has 0 atom stereocenters. The topological polar surface area (TPSA) is 119 Å². The fourth-order valence-corrected chi connectivity index (χ4v) is 2.87. The third kappa shape index (κ3) is 4.13. The number of aromatic nitrogens is 6. The zero-order valence-corrected chi connectivity index (χ0v) is 15.5. The molecule has 0 saturated carbocycles. The van der Waals surface area contributed by atoms with Crippen molar-refractivity contribution in [1.82, 2.24) is 29.5 Å². The summed E-state index contributed by atoms with van der Waals surface area (Å²) in [5, 5.41) is 26.9. The predicted molar refractivity (Wildman–Crippen MR) is 107 cm³/mol. The summed E-state index contributed by atoms with van der Waals surface area (Å²) in [6.45, 7) is 0. The van der Waals surface area contributed by atoms with Crippen molar-refractivity contribution < 1.29 is 10.0 Å². The zero-order valence-electron chi connectivity index (χ0n) is 15.5. The van der Waals surface area contributed by atoms with Crippen molar-refractivity contribution in [3.63, 3.8) is 0 Å². The highest BCUT2D eigenvalue weighted by atomic mass is 16.4. The molecule has 4 aromatic rings. The maximum absolute atomic E-state index is 12.3. The van der Waals surface area contributed by atoms with E-state index in [-0.39, 0.29) is 10.9 Å². The van der Waals surface area contributed by atoms with Gasteiger partial charge in [0.05, 0.1) is 12.4 Å². The Hall–Kier alpha value is -3.63. The van der Waals surface area contributed by atoms with Crippen molar-refractivity contribution in [2.45, 2.75) is 6.42 Å². The van der Waals surface area contributed by atoms with Gasteiger partial charge >= 0.3 is 7.12 Å². The molecule has 1 aromatic carbocycles. The van der Waals surface area contributed by atoms with E-state index in [0.717, 1.165) is 16.8 Å². The molecule has 0 amide bonds. The van der Waals surface area contributed by atoms with Crippen molar-refractivity contribution in [2.24, 2.45) is 7.05 Å². The van der Waals surface area contributed by atoms with Crippen LogP contribution >= 0.6 is 0 Å². The summed E-state index contributed by atoms with van der Waals surface area (Å²) in [5.74, 6) is 0.449. The number of benzene rings is 1. The van der Waals surface area contributed by atoms with E-state index in [1.165, 1.54) is 18.5 Å². The van der Waals surface area contributed by atoms with Gasteiger partial charge < -0.3 is 10.0 Å². The Kier molecular flexibility index (Phi) is 5.02. The molecule has 3 heterocycles. The average molecular weight is 388 g/mol. The molecule has 0 spiro atoms. The minimum Gasteiger partial charge on any atom is -0.423 e. The second-order valence-electron chi connectivity index (χ2n) is 6.53. The largest absolute Gasteiger partial charge is 0.491 e. The van der Waals surface area contributed by atoms with Crippen LogP contribution < -0.4 is 10.9 Å². The van der Waals surface area contributed by atoms with E-state index in [1.54, 1.807) is 21.8 Å². The molecule has 10 heteroatoms. The summed E-state index contributed by atoms with van der Waals surface area (Å²) in [4.78, 5) is 20.6. The Morgan fingerprint density at radius 3 is 2.59 bits per heavy atom. The summed E-state index contributed by atoms with van der Waals surface area (Å²) in [6.07, 6.45) is 8.18. The van der Waals surface area contributed by atoms with E-state index in [4.69, 9.17) is 10.0 Å². The highest BCUT2D eigenvalue weighted by molar-refractivity contribution is 6.58. The van der Waals surface area contributed by atoms with E-state index in [0.29, 0.717) is 17.9 Å². The standard InChI is InChI=1S/C19H17BN6O3/c1-25-12-16(11-23-25)26-6-5-18(27)17(24-26)8-13-3-2-4-14(7-13)19-21-9-15(10-22-19)20(28)29/h2-7,9-12,28-29H,8H2,1H3. The molecule has 144 valence electrons. The van der Waals surface area contributed by atoms with Gasteiger partial charge in [-0.3, -0.25) is 9.48 Å². The number of hydrogen-bond acceptors (Lipinski definition) is 7. The van der Waals surface area contributed by atoms with Gasteiger partial charge in [0.25, 0.3) is 0 Å². The van der Waals surface area contributed by atoms with Crippen molar-refractivity contribution in [1.29, 1.82) is 0 Å². The molecule has 0 bridgehead atoms. The first-order valence-electron chi connectivity index (χ1n) is 8.85. The lowest BCUT2D eigenvalue weighted by atomic mass is 9.83. The average Bonchev–Trinajstić information content (AvgIpc) is 3.16. The highest BCUT2D eigenvalue weighted by Crippen LogP contribution is 2.17. The normalized spacial score (nSPS) is 10.9. The number of aryl methyl sites for hydroxylation is 1. The molecule has 0 radical (unpaired) electrons. The minimum atomic E-state index is -1.61. The molecule has 3 aromatic heterocycles. The van der Waals surface area contributed by atoms with Gasteiger partial charge in [-0.1, -0.05) is 18.2 Å². The molecule has 4 rings (SSSR count). The molecule has 0 fully saturated rings. The van der Waals surface area contributed by atoms with Crippen molar-refractivity contribution in [2.75, 3.05) is 0 Å². The Labute approximate surface area is 166 Å². The van der Waals surface area contributed by atoms with Crippen LogP contribution in [0.1, 0.15) is 11.3 Å². The lowest BCUT2D eigenvalue weighted by Crippen LogP contribution is -2.30. The monoisotopic (exact) mass is 388 g/mol. The number of hydrogen-bond donors (Lipinski definition) is 2. The van der Waals surface area contributed by atoms with Crippen LogP contribution in [0, 0.1) is 0 Å². The van der Waals surface area contributed by atoms with Gasteiger partial charge in [0.15, 0.2) is 5.82 Å². The van der Waals surface area contributed by atoms with Crippen LogP contribution in [-0.2, 0) is 13.5 Å². The van der Waals surface area contributed by atoms with E-state index >= 15 is 0 Å². The molecule has 0 aliphatic rings. The Bertz CT molecular complexity index is 1200. The van der Waals surface area contributed by atoms with E-state index in [9.17, 15) is 4.79 Å². The molecule has 29 heavy (non-hydrogen) atoms. The van der Waals surface area contributed by atoms with Crippen molar-refractivity contribution in [3.8, 4) is 17.1 Å². The molecule has 0 aliphatic carbocycles. The second kappa shape index (κ2) is 7.78. The maximum Gasteiger partial charge on any atom is 0.491 e. The van der Waals surface area contributed by atoms with Crippen LogP contribution in [0.5, 0.6) is 0 Å². The van der Waals surface area contributed by atoms with Gasteiger partial charge in [0, 0.05) is 49.2 Å². The second-order valence-corrected chi connectivity index (χ2v) is 6.53. The van der Waals surface area contributed by atoms with Crippen LogP contribution in [0.25, 0.3) is 17.1 Å². The van der Waals surface area contributed by atoms with Gasteiger partial charge in [-0.25, -0.2) is 14.6 Å². The summed E-state index contributed by atoms with van der Waals surface area (Å²) >= 11 is 0. The van der Waals surface area contributed by atoms with Crippen LogP contribution in [0.4, 0.5) is 0 Å². The third-order valence-electron chi connectivity index (χ3n) is 4.36. The first kappa shape index (κ1) is 18.7. The van der Waals surface area contributed by atoms with Gasteiger partial charge in [-0.2, -0.15) is 10.2 Å².